The number of rotatable bonds is 5. The number of anilines is 1. The van der Waals surface area contributed by atoms with Crippen molar-refractivity contribution in [1.29, 1.82) is 0 Å². The predicted octanol–water partition coefficient (Wildman–Crippen LogP) is 5.09. The first-order valence-corrected chi connectivity index (χ1v) is 11.7. The normalized spacial score (nSPS) is 14.5. The number of carbonyl (C=O) groups excluding carboxylic acids is 3. The van der Waals surface area contributed by atoms with E-state index in [1.807, 2.05) is 63.2 Å². The molecule has 1 fully saturated rings. The highest BCUT2D eigenvalue weighted by molar-refractivity contribution is 6.16. The second-order valence-corrected chi connectivity index (χ2v) is 8.96. The molecule has 2 heterocycles. The van der Waals surface area contributed by atoms with Gasteiger partial charge in [0.25, 0.3) is 5.91 Å². The lowest BCUT2D eigenvalue weighted by atomic mass is 10.1. The van der Waals surface area contributed by atoms with Gasteiger partial charge < -0.3 is 15.2 Å². The summed E-state index contributed by atoms with van der Waals surface area (Å²) >= 11 is 0. The Labute approximate surface area is 209 Å². The fraction of sp³-hybridized carbons (Fsp3) is 0.138. The number of urea groups is 1. The van der Waals surface area contributed by atoms with E-state index >= 15 is 0 Å². The molecule has 5 rings (SSSR count). The molecular formula is C29H26N4O3. The van der Waals surface area contributed by atoms with Gasteiger partial charge in [0, 0.05) is 22.5 Å². The molecular weight excluding hydrogens is 452 g/mol. The number of fused-ring (bicyclic) bond motifs is 1. The molecule has 2 N–H and O–H groups in total. The summed E-state index contributed by atoms with van der Waals surface area (Å²) in [6.07, 6.45) is 1.67. The SMILES string of the molecule is Cc1cccc(NC(=O)CN2C(=O)N/C(=C/c3cc(C)n(-c4cccc5ccccc45)c3C)C2=O)c1. The summed E-state index contributed by atoms with van der Waals surface area (Å²) in [5.41, 5.74) is 5.55. The average molecular weight is 479 g/mol. The number of aryl methyl sites for hydroxylation is 2. The first kappa shape index (κ1) is 23.1. The van der Waals surface area contributed by atoms with E-state index in [2.05, 4.69) is 39.5 Å². The number of aromatic nitrogens is 1. The number of hydrogen-bond acceptors (Lipinski definition) is 3. The van der Waals surface area contributed by atoms with Gasteiger partial charge in [-0.2, -0.15) is 0 Å². The molecule has 0 atom stereocenters. The van der Waals surface area contributed by atoms with Crippen molar-refractivity contribution in [3.63, 3.8) is 0 Å². The van der Waals surface area contributed by atoms with Crippen molar-refractivity contribution in [1.82, 2.24) is 14.8 Å². The van der Waals surface area contributed by atoms with Crippen molar-refractivity contribution in [2.75, 3.05) is 11.9 Å². The van der Waals surface area contributed by atoms with Crippen molar-refractivity contribution < 1.29 is 14.4 Å². The van der Waals surface area contributed by atoms with E-state index in [9.17, 15) is 14.4 Å². The molecule has 3 aromatic carbocycles. The summed E-state index contributed by atoms with van der Waals surface area (Å²) in [7, 11) is 0. The van der Waals surface area contributed by atoms with Crippen LogP contribution in [0, 0.1) is 20.8 Å². The van der Waals surface area contributed by atoms with Gasteiger partial charge in [-0.3, -0.25) is 9.59 Å². The van der Waals surface area contributed by atoms with Gasteiger partial charge in [0.1, 0.15) is 12.2 Å². The van der Waals surface area contributed by atoms with Gasteiger partial charge in [0.05, 0.1) is 5.69 Å². The third kappa shape index (κ3) is 4.27. The first-order chi connectivity index (χ1) is 17.3. The molecule has 0 aliphatic carbocycles. The van der Waals surface area contributed by atoms with Crippen LogP contribution in [0.4, 0.5) is 10.5 Å². The van der Waals surface area contributed by atoms with Crippen molar-refractivity contribution in [3.05, 3.63) is 101 Å². The molecule has 0 bridgehead atoms. The minimum Gasteiger partial charge on any atom is -0.325 e. The zero-order valence-electron chi connectivity index (χ0n) is 20.3. The van der Waals surface area contributed by atoms with E-state index in [0.717, 1.165) is 43.9 Å². The van der Waals surface area contributed by atoms with Gasteiger partial charge in [0.15, 0.2) is 0 Å². The summed E-state index contributed by atoms with van der Waals surface area (Å²) in [5, 5.41) is 7.61. The van der Waals surface area contributed by atoms with Crippen LogP contribution in [-0.4, -0.2) is 33.9 Å². The lowest BCUT2D eigenvalue weighted by molar-refractivity contribution is -0.127. The van der Waals surface area contributed by atoms with E-state index in [1.54, 1.807) is 12.1 Å². The standard InChI is InChI=1S/C29H26N4O3/c1-18-8-6-11-23(14-18)30-27(34)17-32-28(35)25(31-29(32)36)16-22-15-19(2)33(20(22)3)26-13-7-10-21-9-4-5-12-24(21)26/h4-16H,17H2,1-3H3,(H,30,34)(H,31,36)/b25-16+. The van der Waals surface area contributed by atoms with Crippen molar-refractivity contribution >= 4 is 40.4 Å². The Kier molecular flexibility index (Phi) is 5.90. The smallest absolute Gasteiger partial charge is 0.325 e. The highest BCUT2D eigenvalue weighted by atomic mass is 16.2. The number of amides is 4. The van der Waals surface area contributed by atoms with E-state index in [0.29, 0.717) is 5.69 Å². The second kappa shape index (κ2) is 9.19. The third-order valence-corrected chi connectivity index (χ3v) is 6.34. The summed E-state index contributed by atoms with van der Waals surface area (Å²) in [6, 6.07) is 23.0. The Morgan fingerprint density at radius 1 is 0.944 bits per heavy atom. The lowest BCUT2D eigenvalue weighted by Crippen LogP contribution is -2.38. The molecule has 7 nitrogen and oxygen atoms in total. The molecule has 1 aliphatic rings. The highest BCUT2D eigenvalue weighted by Gasteiger charge is 2.35. The second-order valence-electron chi connectivity index (χ2n) is 8.96. The Morgan fingerprint density at radius 3 is 2.50 bits per heavy atom. The number of hydrogen-bond donors (Lipinski definition) is 2. The van der Waals surface area contributed by atoms with E-state index in [4.69, 9.17) is 0 Å². The first-order valence-electron chi connectivity index (χ1n) is 11.7. The molecule has 0 spiro atoms. The van der Waals surface area contributed by atoms with Crippen LogP contribution >= 0.6 is 0 Å². The number of carbonyl (C=O) groups is 3. The summed E-state index contributed by atoms with van der Waals surface area (Å²) in [4.78, 5) is 38.9. The van der Waals surface area contributed by atoms with Crippen molar-refractivity contribution in [2.24, 2.45) is 0 Å². The van der Waals surface area contributed by atoms with Gasteiger partial charge in [-0.25, -0.2) is 9.69 Å². The quantitative estimate of drug-likeness (QED) is 0.310. The van der Waals surface area contributed by atoms with Crippen LogP contribution in [0.3, 0.4) is 0 Å². The van der Waals surface area contributed by atoms with Crippen LogP contribution in [0.25, 0.3) is 22.5 Å². The highest BCUT2D eigenvalue weighted by Crippen LogP contribution is 2.28. The Hall–Kier alpha value is -4.65. The topological polar surface area (TPSA) is 83.4 Å². The van der Waals surface area contributed by atoms with E-state index < -0.39 is 17.8 Å². The van der Waals surface area contributed by atoms with Gasteiger partial charge in [0.2, 0.25) is 5.91 Å². The van der Waals surface area contributed by atoms with Crippen LogP contribution in [0.2, 0.25) is 0 Å². The van der Waals surface area contributed by atoms with Gasteiger partial charge in [-0.15, -0.1) is 0 Å². The van der Waals surface area contributed by atoms with E-state index in [-0.39, 0.29) is 12.2 Å². The van der Waals surface area contributed by atoms with Crippen LogP contribution < -0.4 is 10.6 Å². The Balaban J connectivity index is 1.40. The maximum Gasteiger partial charge on any atom is 0.329 e. The van der Waals surface area contributed by atoms with Gasteiger partial charge >= 0.3 is 6.03 Å². The monoisotopic (exact) mass is 478 g/mol. The molecule has 0 saturated carbocycles. The molecule has 1 saturated heterocycles. The Morgan fingerprint density at radius 2 is 1.69 bits per heavy atom. The van der Waals surface area contributed by atoms with Crippen LogP contribution in [0.1, 0.15) is 22.5 Å². The van der Waals surface area contributed by atoms with Gasteiger partial charge in [-0.1, -0.05) is 48.5 Å². The molecule has 4 amide bonds. The van der Waals surface area contributed by atoms with Crippen LogP contribution in [0.15, 0.2) is 78.5 Å². The molecule has 180 valence electrons. The van der Waals surface area contributed by atoms with Crippen molar-refractivity contribution in [3.8, 4) is 5.69 Å². The fourth-order valence-electron chi connectivity index (χ4n) is 4.65. The molecule has 7 heteroatoms. The third-order valence-electron chi connectivity index (χ3n) is 6.34. The molecule has 0 radical (unpaired) electrons. The molecule has 36 heavy (non-hydrogen) atoms. The predicted molar refractivity (Wildman–Crippen MR) is 141 cm³/mol. The molecule has 4 aromatic rings. The van der Waals surface area contributed by atoms with Crippen molar-refractivity contribution in [2.45, 2.75) is 20.8 Å². The largest absolute Gasteiger partial charge is 0.329 e. The summed E-state index contributed by atoms with van der Waals surface area (Å²) in [5.74, 6) is -0.978. The zero-order chi connectivity index (χ0) is 25.4. The number of nitrogens with zero attached hydrogens (tertiary/aromatic N) is 2. The molecule has 1 aromatic heterocycles. The van der Waals surface area contributed by atoms with Gasteiger partial charge in [-0.05, 0) is 67.6 Å². The minimum atomic E-state index is -0.617. The molecule has 0 unspecified atom stereocenters. The summed E-state index contributed by atoms with van der Waals surface area (Å²) < 4.78 is 2.14. The lowest BCUT2D eigenvalue weighted by Gasteiger charge is -2.13. The number of benzene rings is 3. The fourth-order valence-corrected chi connectivity index (χ4v) is 4.65. The van der Waals surface area contributed by atoms with Crippen LogP contribution in [-0.2, 0) is 9.59 Å². The zero-order valence-corrected chi connectivity index (χ0v) is 20.3. The number of nitrogens with one attached hydrogen (secondary N) is 2. The maximum atomic E-state index is 13.0. The maximum absolute atomic E-state index is 13.0. The minimum absolute atomic E-state index is 0.140. The Bertz CT molecular complexity index is 1560. The molecule has 1 aliphatic heterocycles. The van der Waals surface area contributed by atoms with E-state index in [1.165, 1.54) is 0 Å². The number of imide groups is 1. The average Bonchev–Trinajstić information content (AvgIpc) is 3.27. The summed E-state index contributed by atoms with van der Waals surface area (Å²) in [6.45, 7) is 5.54. The van der Waals surface area contributed by atoms with Crippen LogP contribution in [0.5, 0.6) is 0 Å².